The summed E-state index contributed by atoms with van der Waals surface area (Å²) in [6, 6.07) is 15.6. The first-order chi connectivity index (χ1) is 16.7. The van der Waals surface area contributed by atoms with E-state index >= 15 is 0 Å². The average Bonchev–Trinajstić information content (AvgIpc) is 3.60. The third kappa shape index (κ3) is 4.28. The smallest absolute Gasteiger partial charge is 0.273 e. The van der Waals surface area contributed by atoms with Crippen molar-refractivity contribution in [3.05, 3.63) is 65.4 Å². The van der Waals surface area contributed by atoms with Gasteiger partial charge in [0.15, 0.2) is 0 Å². The normalized spacial score (nSPS) is 19.5. The molecule has 2 aromatic carbocycles. The Morgan fingerprint density at radius 1 is 1.12 bits per heavy atom. The zero-order valence-corrected chi connectivity index (χ0v) is 19.8. The van der Waals surface area contributed by atoms with Crippen molar-refractivity contribution in [3.8, 4) is 22.8 Å². The summed E-state index contributed by atoms with van der Waals surface area (Å²) in [4.78, 5) is 15.4. The largest absolute Gasteiger partial charge is 0.497 e. The Labute approximate surface area is 200 Å². The number of hydrogen-bond acceptors (Lipinski definition) is 5. The zero-order chi connectivity index (χ0) is 23.5. The zero-order valence-electron chi connectivity index (χ0n) is 19.8. The van der Waals surface area contributed by atoms with Crippen LogP contribution in [0.2, 0.25) is 0 Å². The van der Waals surface area contributed by atoms with E-state index < -0.39 is 0 Å². The molecule has 178 valence electrons. The van der Waals surface area contributed by atoms with E-state index in [2.05, 4.69) is 29.3 Å². The molecule has 7 heteroatoms. The summed E-state index contributed by atoms with van der Waals surface area (Å²) in [5.74, 6) is 1.59. The van der Waals surface area contributed by atoms with E-state index in [-0.39, 0.29) is 18.1 Å². The van der Waals surface area contributed by atoms with Gasteiger partial charge >= 0.3 is 0 Å². The summed E-state index contributed by atoms with van der Waals surface area (Å²) >= 11 is 0. The molecule has 2 unspecified atom stereocenters. The summed E-state index contributed by atoms with van der Waals surface area (Å²) in [5.41, 5.74) is 4.22. The number of hydrogen-bond donors (Lipinski definition) is 1. The van der Waals surface area contributed by atoms with Gasteiger partial charge in [-0.3, -0.25) is 9.89 Å². The number of H-pyrrole nitrogens is 1. The molecule has 5 rings (SSSR count). The molecule has 1 N–H and O–H groups in total. The number of carbonyl (C=O) groups is 1. The fourth-order valence-electron chi connectivity index (χ4n) is 4.79. The number of amides is 1. The van der Waals surface area contributed by atoms with Gasteiger partial charge in [-0.05, 0) is 61.2 Å². The van der Waals surface area contributed by atoms with Gasteiger partial charge in [0.1, 0.15) is 17.2 Å². The number of methoxy groups -OCH3 is 1. The fourth-order valence-corrected chi connectivity index (χ4v) is 4.79. The second-order valence-corrected chi connectivity index (χ2v) is 8.86. The van der Waals surface area contributed by atoms with Gasteiger partial charge in [0.25, 0.3) is 5.91 Å². The predicted octanol–water partition coefficient (Wildman–Crippen LogP) is 4.99. The summed E-state index contributed by atoms with van der Waals surface area (Å²) in [6.07, 6.45) is 4.18. The lowest BCUT2D eigenvalue weighted by molar-refractivity contribution is 0.0495. The second-order valence-electron chi connectivity index (χ2n) is 8.86. The molecule has 1 aromatic heterocycles. The maximum atomic E-state index is 13.5. The maximum Gasteiger partial charge on any atom is 0.273 e. The highest BCUT2D eigenvalue weighted by Crippen LogP contribution is 2.43. The second kappa shape index (κ2) is 9.89. The van der Waals surface area contributed by atoms with Crippen LogP contribution in [0.4, 0.5) is 0 Å². The Bertz CT molecular complexity index is 1120. The molecule has 2 atom stereocenters. The maximum absolute atomic E-state index is 13.5. The van der Waals surface area contributed by atoms with Gasteiger partial charge in [0.2, 0.25) is 0 Å². The van der Waals surface area contributed by atoms with Crippen molar-refractivity contribution in [2.24, 2.45) is 0 Å². The van der Waals surface area contributed by atoms with Gasteiger partial charge < -0.3 is 19.1 Å². The molecular formula is C27H31N3O4. The first-order valence-electron chi connectivity index (χ1n) is 12.1. The van der Waals surface area contributed by atoms with Crippen molar-refractivity contribution in [2.45, 2.75) is 44.8 Å². The molecule has 2 aliphatic rings. The minimum atomic E-state index is -0.243. The van der Waals surface area contributed by atoms with Gasteiger partial charge in [-0.25, -0.2) is 0 Å². The lowest BCUT2D eigenvalue weighted by atomic mass is 9.95. The Morgan fingerprint density at radius 3 is 2.56 bits per heavy atom. The lowest BCUT2D eigenvalue weighted by Crippen LogP contribution is -2.36. The number of aromatic nitrogens is 2. The van der Waals surface area contributed by atoms with Crippen LogP contribution in [0.15, 0.2) is 48.5 Å². The van der Waals surface area contributed by atoms with Crippen LogP contribution in [-0.4, -0.2) is 54.0 Å². The van der Waals surface area contributed by atoms with Crippen molar-refractivity contribution in [1.29, 1.82) is 0 Å². The van der Waals surface area contributed by atoms with Crippen molar-refractivity contribution < 1.29 is 19.0 Å². The molecule has 3 heterocycles. The highest BCUT2D eigenvalue weighted by Gasteiger charge is 2.43. The highest BCUT2D eigenvalue weighted by atomic mass is 16.5. The monoisotopic (exact) mass is 461 g/mol. The molecule has 0 bridgehead atoms. The molecule has 1 saturated heterocycles. The van der Waals surface area contributed by atoms with E-state index in [1.165, 1.54) is 0 Å². The number of aromatic amines is 1. The number of unbranched alkanes of at least 4 members (excludes halogenated alkanes) is 1. The van der Waals surface area contributed by atoms with Crippen LogP contribution in [-0.2, 0) is 4.74 Å². The number of benzene rings is 2. The predicted molar refractivity (Wildman–Crippen MR) is 129 cm³/mol. The number of nitrogens with one attached hydrogen (secondary N) is 1. The average molecular weight is 462 g/mol. The van der Waals surface area contributed by atoms with E-state index in [1.807, 2.05) is 41.3 Å². The lowest BCUT2D eigenvalue weighted by Gasteiger charge is -2.28. The Kier molecular flexibility index (Phi) is 6.54. The van der Waals surface area contributed by atoms with E-state index in [0.29, 0.717) is 18.8 Å². The first-order valence-corrected chi connectivity index (χ1v) is 12.1. The SMILES string of the molecule is CCCCOc1ccc(C2c3c(-c4ccc(OC)cc4)n[nH]c3C(=O)N2CC2CCCO2)cc1. The van der Waals surface area contributed by atoms with E-state index in [4.69, 9.17) is 14.2 Å². The van der Waals surface area contributed by atoms with Gasteiger partial charge in [0, 0.05) is 24.3 Å². The molecule has 1 amide bonds. The topological polar surface area (TPSA) is 76.7 Å². The van der Waals surface area contributed by atoms with E-state index in [1.54, 1.807) is 7.11 Å². The van der Waals surface area contributed by atoms with Crippen molar-refractivity contribution in [1.82, 2.24) is 15.1 Å². The van der Waals surface area contributed by atoms with E-state index in [0.717, 1.165) is 66.2 Å². The van der Waals surface area contributed by atoms with E-state index in [9.17, 15) is 4.79 Å². The summed E-state index contributed by atoms with van der Waals surface area (Å²) in [5, 5.41) is 7.58. The van der Waals surface area contributed by atoms with Crippen molar-refractivity contribution >= 4 is 5.91 Å². The van der Waals surface area contributed by atoms with Crippen LogP contribution in [0.25, 0.3) is 11.3 Å². The third-order valence-electron chi connectivity index (χ3n) is 6.61. The Hall–Kier alpha value is -3.32. The molecule has 7 nitrogen and oxygen atoms in total. The first kappa shape index (κ1) is 22.5. The molecule has 0 saturated carbocycles. The van der Waals surface area contributed by atoms with Gasteiger partial charge in [-0.15, -0.1) is 0 Å². The molecule has 34 heavy (non-hydrogen) atoms. The van der Waals surface area contributed by atoms with Crippen LogP contribution < -0.4 is 9.47 Å². The van der Waals surface area contributed by atoms with Crippen LogP contribution in [0.3, 0.4) is 0 Å². The Morgan fingerprint density at radius 2 is 1.88 bits per heavy atom. The van der Waals surface area contributed by atoms with Crippen molar-refractivity contribution in [3.63, 3.8) is 0 Å². The van der Waals surface area contributed by atoms with Crippen LogP contribution in [0.5, 0.6) is 11.5 Å². The van der Waals surface area contributed by atoms with Crippen LogP contribution >= 0.6 is 0 Å². The molecule has 0 spiro atoms. The molecule has 1 fully saturated rings. The quantitative estimate of drug-likeness (QED) is 0.455. The van der Waals surface area contributed by atoms with Gasteiger partial charge in [-0.1, -0.05) is 25.5 Å². The number of ether oxygens (including phenoxy) is 3. The van der Waals surface area contributed by atoms with Gasteiger partial charge in [-0.2, -0.15) is 5.10 Å². The fraction of sp³-hybridized carbons (Fsp3) is 0.407. The number of carbonyl (C=O) groups excluding carboxylic acids is 1. The standard InChI is InChI=1S/C27H31N3O4/c1-3-4-15-33-21-13-9-19(10-14-21)26-23-24(18-7-11-20(32-2)12-8-18)28-29-25(23)27(31)30(26)17-22-6-5-16-34-22/h7-14,22,26H,3-6,15-17H2,1-2H3,(H,28,29). The third-order valence-corrected chi connectivity index (χ3v) is 6.61. The van der Waals surface area contributed by atoms with Gasteiger partial charge in [0.05, 0.1) is 31.6 Å². The molecule has 3 aromatic rings. The number of fused-ring (bicyclic) bond motifs is 1. The molecule has 2 aliphatic heterocycles. The minimum absolute atomic E-state index is 0.0361. The van der Waals surface area contributed by atoms with Crippen LogP contribution in [0, 0.1) is 0 Å². The van der Waals surface area contributed by atoms with Crippen molar-refractivity contribution in [2.75, 3.05) is 26.9 Å². The molecular weight excluding hydrogens is 430 g/mol. The Balaban J connectivity index is 1.51. The number of rotatable bonds is 9. The summed E-state index contributed by atoms with van der Waals surface area (Å²) in [7, 11) is 1.65. The number of nitrogens with zero attached hydrogens (tertiary/aromatic N) is 2. The highest BCUT2D eigenvalue weighted by molar-refractivity contribution is 6.00. The summed E-state index contributed by atoms with van der Waals surface area (Å²) in [6.45, 7) is 4.17. The molecule has 0 aliphatic carbocycles. The summed E-state index contributed by atoms with van der Waals surface area (Å²) < 4.78 is 17.0. The minimum Gasteiger partial charge on any atom is -0.497 e. The van der Waals surface area contributed by atoms with Crippen LogP contribution in [0.1, 0.15) is 60.3 Å². The molecule has 0 radical (unpaired) electrons.